The van der Waals surface area contributed by atoms with Gasteiger partial charge in [-0.2, -0.15) is 0 Å². The molecule has 2 aliphatic carbocycles. The highest BCUT2D eigenvalue weighted by Crippen LogP contribution is 2.58. The van der Waals surface area contributed by atoms with Crippen LogP contribution in [0.1, 0.15) is 32.6 Å². The summed E-state index contributed by atoms with van der Waals surface area (Å²) in [4.78, 5) is 4.21. The van der Waals surface area contributed by atoms with Crippen molar-refractivity contribution < 1.29 is 4.74 Å². The van der Waals surface area contributed by atoms with E-state index in [1.54, 1.807) is 0 Å². The van der Waals surface area contributed by atoms with Gasteiger partial charge in [0.15, 0.2) is 0 Å². The summed E-state index contributed by atoms with van der Waals surface area (Å²) in [5.41, 5.74) is 1.63. The number of nitrogens with one attached hydrogen (secondary N) is 1. The number of nitrogens with zero attached hydrogens (tertiary/aromatic N) is 1. The number of rotatable bonds is 4. The zero-order valence-electron chi connectivity index (χ0n) is 12.5. The van der Waals surface area contributed by atoms with Gasteiger partial charge in [0.1, 0.15) is 0 Å². The molecule has 1 heterocycles. The molecule has 4 rings (SSSR count). The van der Waals surface area contributed by atoms with Gasteiger partial charge < -0.3 is 10.1 Å². The first kappa shape index (κ1) is 13.1. The molecule has 2 aromatic rings. The number of benzene rings is 1. The molecule has 2 aliphatic rings. The summed E-state index contributed by atoms with van der Waals surface area (Å²) < 4.78 is 5.94. The average molecular weight is 282 g/mol. The lowest BCUT2D eigenvalue weighted by atomic mass is 9.51. The van der Waals surface area contributed by atoms with Crippen LogP contribution in [0.15, 0.2) is 36.7 Å². The Morgan fingerprint density at radius 1 is 1.33 bits per heavy atom. The van der Waals surface area contributed by atoms with E-state index < -0.39 is 0 Å². The number of pyridine rings is 1. The van der Waals surface area contributed by atoms with E-state index in [0.717, 1.165) is 13.0 Å². The minimum atomic E-state index is 0.394. The van der Waals surface area contributed by atoms with Gasteiger partial charge in [-0.05, 0) is 38.3 Å². The molecule has 110 valence electrons. The lowest BCUT2D eigenvalue weighted by Gasteiger charge is -2.61. The zero-order chi connectivity index (χ0) is 14.3. The fourth-order valence-electron chi connectivity index (χ4n) is 4.08. The first-order valence-corrected chi connectivity index (χ1v) is 8.04. The minimum absolute atomic E-state index is 0.394. The zero-order valence-corrected chi connectivity index (χ0v) is 12.5. The molecule has 21 heavy (non-hydrogen) atoms. The SMILES string of the molecule is CCOC1CC(Nc2cccc3cnccc23)C12CCC2. The molecule has 1 N–H and O–H groups in total. The molecule has 0 bridgehead atoms. The normalized spacial score (nSPS) is 26.3. The first-order valence-electron chi connectivity index (χ1n) is 8.04. The number of aromatic nitrogens is 1. The van der Waals surface area contributed by atoms with Crippen LogP contribution in [0, 0.1) is 5.41 Å². The second-order valence-electron chi connectivity index (χ2n) is 6.37. The molecular weight excluding hydrogens is 260 g/mol. The average Bonchev–Trinajstić information content (AvgIpc) is 2.44. The van der Waals surface area contributed by atoms with Crippen LogP contribution in [0.4, 0.5) is 5.69 Å². The summed E-state index contributed by atoms with van der Waals surface area (Å²) in [6.45, 7) is 2.93. The van der Waals surface area contributed by atoms with Gasteiger partial charge in [-0.15, -0.1) is 0 Å². The van der Waals surface area contributed by atoms with E-state index in [1.165, 1.54) is 35.7 Å². The summed E-state index contributed by atoms with van der Waals surface area (Å²) in [5.74, 6) is 0. The minimum Gasteiger partial charge on any atom is -0.381 e. The van der Waals surface area contributed by atoms with E-state index in [2.05, 4.69) is 41.5 Å². The smallest absolute Gasteiger partial charge is 0.0670 e. The first-order chi connectivity index (χ1) is 10.3. The van der Waals surface area contributed by atoms with Gasteiger partial charge in [-0.25, -0.2) is 0 Å². The number of ether oxygens (including phenoxy) is 1. The molecule has 3 nitrogen and oxygen atoms in total. The number of anilines is 1. The lowest BCUT2D eigenvalue weighted by Crippen LogP contribution is -2.64. The molecular formula is C18H22N2O. The van der Waals surface area contributed by atoms with E-state index in [1.807, 2.05) is 12.4 Å². The van der Waals surface area contributed by atoms with E-state index >= 15 is 0 Å². The van der Waals surface area contributed by atoms with E-state index in [9.17, 15) is 0 Å². The maximum absolute atomic E-state index is 5.94. The van der Waals surface area contributed by atoms with Crippen molar-refractivity contribution in [2.45, 2.75) is 44.8 Å². The van der Waals surface area contributed by atoms with Crippen LogP contribution >= 0.6 is 0 Å². The molecule has 2 fully saturated rings. The highest BCUT2D eigenvalue weighted by atomic mass is 16.5. The molecule has 2 saturated carbocycles. The van der Waals surface area contributed by atoms with Gasteiger partial charge in [0.05, 0.1) is 6.10 Å². The fraction of sp³-hybridized carbons (Fsp3) is 0.500. The third-order valence-corrected chi connectivity index (χ3v) is 5.45. The Kier molecular flexibility index (Phi) is 3.11. The Morgan fingerprint density at radius 2 is 2.24 bits per heavy atom. The molecule has 0 amide bonds. The summed E-state index contributed by atoms with van der Waals surface area (Å²) in [6.07, 6.45) is 9.37. The third-order valence-electron chi connectivity index (χ3n) is 5.45. The van der Waals surface area contributed by atoms with Crippen LogP contribution in [0.25, 0.3) is 10.8 Å². The second kappa shape index (κ2) is 4.99. The molecule has 1 spiro atoms. The quantitative estimate of drug-likeness (QED) is 0.920. The van der Waals surface area contributed by atoms with Crippen molar-refractivity contribution in [2.75, 3.05) is 11.9 Å². The second-order valence-corrected chi connectivity index (χ2v) is 6.37. The largest absolute Gasteiger partial charge is 0.381 e. The van der Waals surface area contributed by atoms with E-state index in [4.69, 9.17) is 4.74 Å². The van der Waals surface area contributed by atoms with Crippen LogP contribution in [-0.4, -0.2) is 23.7 Å². The molecule has 2 unspecified atom stereocenters. The maximum atomic E-state index is 5.94. The molecule has 0 radical (unpaired) electrons. The number of hydrogen-bond acceptors (Lipinski definition) is 3. The molecule has 1 aromatic heterocycles. The summed E-state index contributed by atoms with van der Waals surface area (Å²) in [5, 5.41) is 6.26. The van der Waals surface area contributed by atoms with Crippen LogP contribution in [0.2, 0.25) is 0 Å². The Labute approximate surface area is 125 Å². The highest BCUT2D eigenvalue weighted by molar-refractivity contribution is 5.93. The van der Waals surface area contributed by atoms with Crippen molar-refractivity contribution in [3.8, 4) is 0 Å². The van der Waals surface area contributed by atoms with Crippen LogP contribution in [0.5, 0.6) is 0 Å². The Balaban J connectivity index is 1.59. The van der Waals surface area contributed by atoms with Gasteiger partial charge in [-0.3, -0.25) is 4.98 Å². The standard InChI is InChI=1S/C18H22N2O/c1-2-21-17-11-16(18(17)8-4-9-18)20-15-6-3-5-13-12-19-10-7-14(13)15/h3,5-7,10,12,16-17,20H,2,4,8-9,11H2,1H3. The highest BCUT2D eigenvalue weighted by Gasteiger charge is 2.58. The van der Waals surface area contributed by atoms with E-state index in [0.29, 0.717) is 17.6 Å². The summed E-state index contributed by atoms with van der Waals surface area (Å²) in [7, 11) is 0. The van der Waals surface area contributed by atoms with Crippen molar-refractivity contribution in [1.29, 1.82) is 0 Å². The van der Waals surface area contributed by atoms with Crippen LogP contribution in [-0.2, 0) is 4.74 Å². The van der Waals surface area contributed by atoms with Crippen LogP contribution < -0.4 is 5.32 Å². The Bertz CT molecular complexity index is 645. The van der Waals surface area contributed by atoms with Gasteiger partial charge in [0.25, 0.3) is 0 Å². The van der Waals surface area contributed by atoms with Crippen molar-refractivity contribution in [1.82, 2.24) is 4.98 Å². The topological polar surface area (TPSA) is 34.1 Å². The third kappa shape index (κ3) is 1.95. The van der Waals surface area contributed by atoms with Gasteiger partial charge in [-0.1, -0.05) is 18.6 Å². The Morgan fingerprint density at radius 3 is 3.00 bits per heavy atom. The summed E-state index contributed by atoms with van der Waals surface area (Å²) >= 11 is 0. The maximum Gasteiger partial charge on any atom is 0.0670 e. The monoisotopic (exact) mass is 282 g/mol. The van der Waals surface area contributed by atoms with Crippen molar-refractivity contribution >= 4 is 16.5 Å². The summed E-state index contributed by atoms with van der Waals surface area (Å²) in [6, 6.07) is 9.07. The van der Waals surface area contributed by atoms with Crippen LogP contribution in [0.3, 0.4) is 0 Å². The molecule has 0 saturated heterocycles. The van der Waals surface area contributed by atoms with Crippen molar-refractivity contribution in [3.63, 3.8) is 0 Å². The lowest BCUT2D eigenvalue weighted by molar-refractivity contribution is -0.157. The number of hydrogen-bond donors (Lipinski definition) is 1. The Hall–Kier alpha value is -1.61. The molecule has 0 aliphatic heterocycles. The predicted molar refractivity (Wildman–Crippen MR) is 85.5 cm³/mol. The van der Waals surface area contributed by atoms with Crippen molar-refractivity contribution in [2.24, 2.45) is 5.41 Å². The van der Waals surface area contributed by atoms with Gasteiger partial charge in [0, 0.05) is 46.9 Å². The van der Waals surface area contributed by atoms with E-state index in [-0.39, 0.29) is 0 Å². The molecule has 1 aromatic carbocycles. The predicted octanol–water partition coefficient (Wildman–Crippen LogP) is 3.99. The number of fused-ring (bicyclic) bond motifs is 1. The fourth-order valence-corrected chi connectivity index (χ4v) is 4.08. The van der Waals surface area contributed by atoms with Gasteiger partial charge in [0.2, 0.25) is 0 Å². The molecule has 2 atom stereocenters. The molecule has 3 heteroatoms. The van der Waals surface area contributed by atoms with Gasteiger partial charge >= 0.3 is 0 Å². The van der Waals surface area contributed by atoms with Crippen molar-refractivity contribution in [3.05, 3.63) is 36.7 Å².